The Hall–Kier alpha value is -1.59. The molecule has 116 valence electrons. The summed E-state index contributed by atoms with van der Waals surface area (Å²) in [5, 5.41) is 3.39. The van der Waals surface area contributed by atoms with Gasteiger partial charge in [-0.1, -0.05) is 6.07 Å². The van der Waals surface area contributed by atoms with Crippen LogP contribution in [-0.2, 0) is 4.74 Å². The molecule has 0 aliphatic carbocycles. The average molecular weight is 292 g/mol. The molecule has 1 heterocycles. The van der Waals surface area contributed by atoms with Crippen molar-refractivity contribution in [3.63, 3.8) is 0 Å². The summed E-state index contributed by atoms with van der Waals surface area (Å²) < 4.78 is 10.4. The van der Waals surface area contributed by atoms with Gasteiger partial charge in [-0.2, -0.15) is 0 Å². The lowest BCUT2D eigenvalue weighted by molar-refractivity contribution is 0.0600. The molecule has 0 amide bonds. The van der Waals surface area contributed by atoms with Gasteiger partial charge in [-0.05, 0) is 31.5 Å². The Morgan fingerprint density at radius 1 is 1.48 bits per heavy atom. The first-order chi connectivity index (χ1) is 10.2. The summed E-state index contributed by atoms with van der Waals surface area (Å²) in [5.74, 6) is 0.376. The van der Waals surface area contributed by atoms with Crippen LogP contribution in [0.25, 0.3) is 0 Å². The van der Waals surface area contributed by atoms with Crippen LogP contribution in [0.1, 0.15) is 23.7 Å². The van der Waals surface area contributed by atoms with Gasteiger partial charge in [0.1, 0.15) is 5.75 Å². The number of methoxy groups -OCH3 is 1. The molecule has 0 aromatic heterocycles. The van der Waals surface area contributed by atoms with Crippen LogP contribution in [0.4, 0.5) is 0 Å². The average Bonchev–Trinajstić information content (AvgIpc) is 2.52. The molecule has 1 saturated heterocycles. The normalized spacial score (nSPS) is 19.2. The maximum Gasteiger partial charge on any atom is 0.337 e. The number of nitrogens with one attached hydrogen (secondary N) is 1. The zero-order valence-electron chi connectivity index (χ0n) is 12.8. The molecular formula is C16H24N2O3. The lowest BCUT2D eigenvalue weighted by Crippen LogP contribution is -2.50. The summed E-state index contributed by atoms with van der Waals surface area (Å²) in [6.07, 6.45) is 0.979. The first kappa shape index (κ1) is 15.8. The minimum Gasteiger partial charge on any atom is -0.494 e. The standard InChI is InChI=1S/C16H24N2O3/c1-13-12-17-7-9-18(13)8-4-10-21-15-6-3-5-14(11-15)16(19)20-2/h3,5-6,11,13,17H,4,7-10,12H2,1-2H3/t13-/m1/s1. The van der Waals surface area contributed by atoms with Crippen LogP contribution in [0.3, 0.4) is 0 Å². The first-order valence-electron chi connectivity index (χ1n) is 7.46. The Labute approximate surface area is 126 Å². The largest absolute Gasteiger partial charge is 0.494 e. The number of ether oxygens (including phenoxy) is 2. The van der Waals surface area contributed by atoms with E-state index in [2.05, 4.69) is 17.1 Å². The van der Waals surface area contributed by atoms with Crippen molar-refractivity contribution in [1.29, 1.82) is 0 Å². The molecule has 1 atom stereocenters. The van der Waals surface area contributed by atoms with Crippen LogP contribution in [0, 0.1) is 0 Å². The van der Waals surface area contributed by atoms with E-state index in [0.29, 0.717) is 24.0 Å². The predicted octanol–water partition coefficient (Wildman–Crippen LogP) is 1.54. The molecule has 0 spiro atoms. The van der Waals surface area contributed by atoms with Crippen LogP contribution in [0.5, 0.6) is 5.75 Å². The highest BCUT2D eigenvalue weighted by Crippen LogP contribution is 2.14. The van der Waals surface area contributed by atoms with Crippen molar-refractivity contribution in [2.45, 2.75) is 19.4 Å². The van der Waals surface area contributed by atoms with E-state index in [9.17, 15) is 4.79 Å². The van der Waals surface area contributed by atoms with Gasteiger partial charge in [0.05, 0.1) is 19.3 Å². The highest BCUT2D eigenvalue weighted by atomic mass is 16.5. The van der Waals surface area contributed by atoms with Crippen molar-refractivity contribution in [2.24, 2.45) is 0 Å². The van der Waals surface area contributed by atoms with E-state index in [1.54, 1.807) is 18.2 Å². The van der Waals surface area contributed by atoms with Gasteiger partial charge >= 0.3 is 5.97 Å². The third kappa shape index (κ3) is 4.72. The van der Waals surface area contributed by atoms with E-state index >= 15 is 0 Å². The second kappa shape index (κ2) is 8.00. The van der Waals surface area contributed by atoms with Crippen molar-refractivity contribution in [2.75, 3.05) is 39.9 Å². The molecule has 0 saturated carbocycles. The number of nitrogens with zero attached hydrogens (tertiary/aromatic N) is 1. The third-order valence-electron chi connectivity index (χ3n) is 3.75. The minimum absolute atomic E-state index is 0.338. The SMILES string of the molecule is COC(=O)c1cccc(OCCCN2CCNC[C@H]2C)c1. The zero-order chi connectivity index (χ0) is 15.1. The molecule has 5 nitrogen and oxygen atoms in total. The van der Waals surface area contributed by atoms with Gasteiger partial charge < -0.3 is 14.8 Å². The summed E-state index contributed by atoms with van der Waals surface area (Å²) in [4.78, 5) is 13.9. The molecule has 1 fully saturated rings. The highest BCUT2D eigenvalue weighted by Gasteiger charge is 2.16. The van der Waals surface area contributed by atoms with Crippen LogP contribution in [0.15, 0.2) is 24.3 Å². The maximum absolute atomic E-state index is 11.4. The van der Waals surface area contributed by atoms with Gasteiger partial charge in [0.15, 0.2) is 0 Å². The second-order valence-electron chi connectivity index (χ2n) is 5.31. The van der Waals surface area contributed by atoms with Crippen molar-refractivity contribution >= 4 is 5.97 Å². The minimum atomic E-state index is -0.338. The molecule has 0 bridgehead atoms. The van der Waals surface area contributed by atoms with Gasteiger partial charge in [-0.25, -0.2) is 4.79 Å². The van der Waals surface area contributed by atoms with Crippen molar-refractivity contribution < 1.29 is 14.3 Å². The number of piperazine rings is 1. The lowest BCUT2D eigenvalue weighted by atomic mass is 10.2. The zero-order valence-corrected chi connectivity index (χ0v) is 12.8. The van der Waals surface area contributed by atoms with Gasteiger partial charge in [0.25, 0.3) is 0 Å². The number of benzene rings is 1. The smallest absolute Gasteiger partial charge is 0.337 e. The topological polar surface area (TPSA) is 50.8 Å². The van der Waals surface area contributed by atoms with Crippen molar-refractivity contribution in [3.05, 3.63) is 29.8 Å². The van der Waals surface area contributed by atoms with E-state index < -0.39 is 0 Å². The molecule has 5 heteroatoms. The fourth-order valence-corrected chi connectivity index (χ4v) is 2.50. The van der Waals surface area contributed by atoms with E-state index in [1.807, 2.05) is 6.07 Å². The molecule has 1 aliphatic rings. The second-order valence-corrected chi connectivity index (χ2v) is 5.31. The number of hydrogen-bond acceptors (Lipinski definition) is 5. The van der Waals surface area contributed by atoms with Gasteiger partial charge in [-0.3, -0.25) is 4.90 Å². The number of carbonyl (C=O) groups is 1. The molecule has 1 aliphatic heterocycles. The fraction of sp³-hybridized carbons (Fsp3) is 0.562. The number of hydrogen-bond donors (Lipinski definition) is 1. The summed E-state index contributed by atoms with van der Waals surface area (Å²) in [7, 11) is 1.38. The maximum atomic E-state index is 11.4. The van der Waals surface area contributed by atoms with Gasteiger partial charge in [0.2, 0.25) is 0 Å². The summed E-state index contributed by atoms with van der Waals surface area (Å²) >= 11 is 0. The Kier molecular flexibility index (Phi) is 6.02. The third-order valence-corrected chi connectivity index (χ3v) is 3.75. The van der Waals surface area contributed by atoms with Gasteiger partial charge in [-0.15, -0.1) is 0 Å². The Morgan fingerprint density at radius 3 is 3.10 bits per heavy atom. The molecule has 0 unspecified atom stereocenters. The van der Waals surface area contributed by atoms with Crippen molar-refractivity contribution in [3.8, 4) is 5.75 Å². The highest BCUT2D eigenvalue weighted by molar-refractivity contribution is 5.89. The molecule has 0 radical (unpaired) electrons. The Morgan fingerprint density at radius 2 is 2.33 bits per heavy atom. The van der Waals surface area contributed by atoms with E-state index in [1.165, 1.54) is 7.11 Å². The fourth-order valence-electron chi connectivity index (χ4n) is 2.50. The molecular weight excluding hydrogens is 268 g/mol. The lowest BCUT2D eigenvalue weighted by Gasteiger charge is -2.33. The molecule has 1 aromatic carbocycles. The predicted molar refractivity (Wildman–Crippen MR) is 81.8 cm³/mol. The number of rotatable bonds is 6. The van der Waals surface area contributed by atoms with Gasteiger partial charge in [0, 0.05) is 32.2 Å². The number of carbonyl (C=O) groups excluding carboxylic acids is 1. The molecule has 1 aromatic rings. The number of esters is 1. The summed E-state index contributed by atoms with van der Waals surface area (Å²) in [6, 6.07) is 7.70. The van der Waals surface area contributed by atoms with Crippen LogP contribution in [0.2, 0.25) is 0 Å². The molecule has 1 N–H and O–H groups in total. The Bertz CT molecular complexity index is 465. The monoisotopic (exact) mass is 292 g/mol. The van der Waals surface area contributed by atoms with Crippen LogP contribution >= 0.6 is 0 Å². The summed E-state index contributed by atoms with van der Waals surface area (Å²) in [5.41, 5.74) is 0.519. The van der Waals surface area contributed by atoms with E-state index in [0.717, 1.165) is 32.6 Å². The quantitative estimate of drug-likeness (QED) is 0.636. The Balaban J connectivity index is 1.74. The van der Waals surface area contributed by atoms with E-state index in [4.69, 9.17) is 9.47 Å². The van der Waals surface area contributed by atoms with Crippen molar-refractivity contribution in [1.82, 2.24) is 10.2 Å². The summed E-state index contributed by atoms with van der Waals surface area (Å²) in [6.45, 7) is 7.15. The van der Waals surface area contributed by atoms with Crippen LogP contribution in [-0.4, -0.2) is 56.8 Å². The van der Waals surface area contributed by atoms with Crippen LogP contribution < -0.4 is 10.1 Å². The van der Waals surface area contributed by atoms with E-state index in [-0.39, 0.29) is 5.97 Å². The first-order valence-corrected chi connectivity index (χ1v) is 7.46. The molecule has 21 heavy (non-hydrogen) atoms. The molecule has 2 rings (SSSR count).